The summed E-state index contributed by atoms with van der Waals surface area (Å²) in [7, 11) is 1.69. The summed E-state index contributed by atoms with van der Waals surface area (Å²) in [5.74, 6) is 1.45. The second kappa shape index (κ2) is 8.94. The quantitative estimate of drug-likeness (QED) is 0.720. The van der Waals surface area contributed by atoms with Crippen LogP contribution < -0.4 is 10.1 Å². The van der Waals surface area contributed by atoms with Gasteiger partial charge in [-0.05, 0) is 49.9 Å². The Morgan fingerprint density at radius 1 is 1.32 bits per heavy atom. The molecule has 2 N–H and O–H groups in total. The lowest BCUT2D eigenvalue weighted by atomic mass is 9.99. The Morgan fingerprint density at radius 3 is 2.74 bits per heavy atom. The normalized spacial score (nSPS) is 14.1. The number of hydrogen-bond donors (Lipinski definition) is 2. The molecule has 1 aromatic rings. The van der Waals surface area contributed by atoms with Crippen molar-refractivity contribution in [3.05, 3.63) is 29.8 Å². The first kappa shape index (κ1) is 16.0. The molecule has 0 aliphatic rings. The van der Waals surface area contributed by atoms with E-state index in [0.717, 1.165) is 18.7 Å². The molecule has 0 fully saturated rings. The monoisotopic (exact) mass is 265 g/mol. The molecule has 1 rings (SSSR count). The minimum Gasteiger partial charge on any atom is -0.497 e. The van der Waals surface area contributed by atoms with Crippen molar-refractivity contribution >= 4 is 0 Å². The summed E-state index contributed by atoms with van der Waals surface area (Å²) in [5.41, 5.74) is 1.23. The average Bonchev–Trinajstić information content (AvgIpc) is 2.45. The Hall–Kier alpha value is -1.06. The maximum absolute atomic E-state index is 9.07. The standard InChI is InChI=1S/C16H27NO2/c1-4-6-14(9-10-18)12-17-13(2)15-7-5-8-16(11-15)19-3/h5,7-8,11,13-14,17-18H,4,6,9-10,12H2,1-3H3. The largest absolute Gasteiger partial charge is 0.497 e. The van der Waals surface area contributed by atoms with Crippen LogP contribution in [-0.4, -0.2) is 25.4 Å². The highest BCUT2D eigenvalue weighted by Gasteiger charge is 2.11. The van der Waals surface area contributed by atoms with Gasteiger partial charge in [0.2, 0.25) is 0 Å². The number of nitrogens with one attached hydrogen (secondary N) is 1. The van der Waals surface area contributed by atoms with E-state index in [1.807, 2.05) is 12.1 Å². The predicted molar refractivity (Wildman–Crippen MR) is 79.5 cm³/mol. The molecule has 0 heterocycles. The van der Waals surface area contributed by atoms with Gasteiger partial charge in [-0.2, -0.15) is 0 Å². The third-order valence-corrected chi connectivity index (χ3v) is 3.54. The van der Waals surface area contributed by atoms with E-state index in [4.69, 9.17) is 9.84 Å². The van der Waals surface area contributed by atoms with E-state index in [2.05, 4.69) is 31.3 Å². The zero-order chi connectivity index (χ0) is 14.1. The molecule has 0 saturated carbocycles. The van der Waals surface area contributed by atoms with Crippen molar-refractivity contribution in [1.82, 2.24) is 5.32 Å². The topological polar surface area (TPSA) is 41.5 Å². The number of methoxy groups -OCH3 is 1. The molecule has 0 spiro atoms. The van der Waals surface area contributed by atoms with Crippen LogP contribution in [0.25, 0.3) is 0 Å². The highest BCUT2D eigenvalue weighted by atomic mass is 16.5. The highest BCUT2D eigenvalue weighted by molar-refractivity contribution is 5.30. The van der Waals surface area contributed by atoms with E-state index < -0.39 is 0 Å². The van der Waals surface area contributed by atoms with Crippen molar-refractivity contribution in [3.8, 4) is 5.75 Å². The summed E-state index contributed by atoms with van der Waals surface area (Å²) in [4.78, 5) is 0. The predicted octanol–water partition coefficient (Wildman–Crippen LogP) is 3.14. The van der Waals surface area contributed by atoms with Gasteiger partial charge in [0.05, 0.1) is 7.11 Å². The lowest BCUT2D eigenvalue weighted by Gasteiger charge is -2.20. The van der Waals surface area contributed by atoms with Crippen molar-refractivity contribution in [1.29, 1.82) is 0 Å². The maximum Gasteiger partial charge on any atom is 0.119 e. The molecule has 0 aromatic heterocycles. The molecule has 19 heavy (non-hydrogen) atoms. The molecular weight excluding hydrogens is 238 g/mol. The van der Waals surface area contributed by atoms with Gasteiger partial charge in [-0.15, -0.1) is 0 Å². The van der Waals surface area contributed by atoms with Gasteiger partial charge in [-0.1, -0.05) is 25.5 Å². The second-order valence-electron chi connectivity index (χ2n) is 5.07. The Balaban J connectivity index is 2.50. The van der Waals surface area contributed by atoms with E-state index in [9.17, 15) is 0 Å². The van der Waals surface area contributed by atoms with Gasteiger partial charge in [0, 0.05) is 12.6 Å². The van der Waals surface area contributed by atoms with Crippen molar-refractivity contribution in [2.45, 2.75) is 39.2 Å². The van der Waals surface area contributed by atoms with Gasteiger partial charge < -0.3 is 15.2 Å². The molecule has 3 nitrogen and oxygen atoms in total. The average molecular weight is 265 g/mol. The van der Waals surface area contributed by atoms with Crippen LogP contribution >= 0.6 is 0 Å². The van der Waals surface area contributed by atoms with Crippen molar-refractivity contribution < 1.29 is 9.84 Å². The summed E-state index contributed by atoms with van der Waals surface area (Å²) in [6.45, 7) is 5.58. The molecule has 108 valence electrons. The van der Waals surface area contributed by atoms with Crippen LogP contribution in [0.5, 0.6) is 5.75 Å². The number of hydrogen-bond acceptors (Lipinski definition) is 3. The first-order chi connectivity index (χ1) is 9.21. The van der Waals surface area contributed by atoms with Crippen molar-refractivity contribution in [2.24, 2.45) is 5.92 Å². The van der Waals surface area contributed by atoms with Crippen LogP contribution in [0.3, 0.4) is 0 Å². The summed E-state index contributed by atoms with van der Waals surface area (Å²) in [6, 6.07) is 8.46. The van der Waals surface area contributed by atoms with Gasteiger partial charge in [-0.25, -0.2) is 0 Å². The van der Waals surface area contributed by atoms with Gasteiger partial charge in [-0.3, -0.25) is 0 Å². The minimum absolute atomic E-state index is 0.278. The van der Waals surface area contributed by atoms with Crippen LogP contribution in [0.4, 0.5) is 0 Å². The lowest BCUT2D eigenvalue weighted by molar-refractivity contribution is 0.246. The molecule has 0 aliphatic carbocycles. The van der Waals surface area contributed by atoms with Crippen LogP contribution in [0.2, 0.25) is 0 Å². The van der Waals surface area contributed by atoms with E-state index >= 15 is 0 Å². The minimum atomic E-state index is 0.278. The summed E-state index contributed by atoms with van der Waals surface area (Å²) >= 11 is 0. The second-order valence-corrected chi connectivity index (χ2v) is 5.07. The Morgan fingerprint density at radius 2 is 2.11 bits per heavy atom. The molecule has 3 heteroatoms. The van der Waals surface area contributed by atoms with Crippen LogP contribution in [-0.2, 0) is 0 Å². The molecule has 0 aliphatic heterocycles. The Bertz CT molecular complexity index is 348. The SMILES string of the molecule is CCCC(CCO)CNC(C)c1cccc(OC)c1. The van der Waals surface area contributed by atoms with E-state index in [0.29, 0.717) is 12.0 Å². The number of aliphatic hydroxyl groups excluding tert-OH is 1. The Kier molecular flexibility index (Phi) is 7.53. The smallest absolute Gasteiger partial charge is 0.119 e. The fraction of sp³-hybridized carbons (Fsp3) is 0.625. The van der Waals surface area contributed by atoms with Crippen LogP contribution in [0, 0.1) is 5.92 Å². The van der Waals surface area contributed by atoms with E-state index in [1.54, 1.807) is 7.11 Å². The molecule has 0 amide bonds. The summed E-state index contributed by atoms with van der Waals surface area (Å²) < 4.78 is 5.25. The zero-order valence-electron chi connectivity index (χ0n) is 12.4. The molecule has 0 saturated heterocycles. The molecule has 2 unspecified atom stereocenters. The van der Waals surface area contributed by atoms with Crippen LogP contribution in [0.15, 0.2) is 24.3 Å². The highest BCUT2D eigenvalue weighted by Crippen LogP contribution is 2.19. The molecule has 1 aromatic carbocycles. The third-order valence-electron chi connectivity index (χ3n) is 3.54. The van der Waals surface area contributed by atoms with Crippen molar-refractivity contribution in [2.75, 3.05) is 20.3 Å². The molecule has 2 atom stereocenters. The first-order valence-corrected chi connectivity index (χ1v) is 7.19. The number of rotatable bonds is 9. The fourth-order valence-electron chi connectivity index (χ4n) is 2.31. The molecule has 0 radical (unpaired) electrons. The summed E-state index contributed by atoms with van der Waals surface area (Å²) in [5, 5.41) is 12.6. The number of aliphatic hydroxyl groups is 1. The third kappa shape index (κ3) is 5.62. The van der Waals surface area contributed by atoms with E-state index in [-0.39, 0.29) is 6.61 Å². The number of benzene rings is 1. The van der Waals surface area contributed by atoms with Crippen molar-refractivity contribution in [3.63, 3.8) is 0 Å². The summed E-state index contributed by atoms with van der Waals surface area (Å²) in [6.07, 6.45) is 3.21. The lowest BCUT2D eigenvalue weighted by Crippen LogP contribution is -2.26. The van der Waals surface area contributed by atoms with Crippen LogP contribution in [0.1, 0.15) is 44.7 Å². The zero-order valence-corrected chi connectivity index (χ0v) is 12.4. The number of ether oxygens (including phenoxy) is 1. The van der Waals surface area contributed by atoms with E-state index in [1.165, 1.54) is 18.4 Å². The van der Waals surface area contributed by atoms with Gasteiger partial charge in [0.25, 0.3) is 0 Å². The maximum atomic E-state index is 9.07. The Labute approximate surface area is 117 Å². The fourth-order valence-corrected chi connectivity index (χ4v) is 2.31. The molecule has 0 bridgehead atoms. The first-order valence-electron chi connectivity index (χ1n) is 7.19. The van der Waals surface area contributed by atoms with Gasteiger partial charge >= 0.3 is 0 Å². The van der Waals surface area contributed by atoms with Gasteiger partial charge in [0.1, 0.15) is 5.75 Å². The van der Waals surface area contributed by atoms with Gasteiger partial charge in [0.15, 0.2) is 0 Å². The molecular formula is C16H27NO2.